The third-order valence-electron chi connectivity index (χ3n) is 3.33. The molecule has 0 aliphatic heterocycles. The van der Waals surface area contributed by atoms with Crippen LogP contribution in [0.1, 0.15) is 38.2 Å². The smallest absolute Gasteiger partial charge is 0.119 e. The summed E-state index contributed by atoms with van der Waals surface area (Å²) >= 11 is 4.92. The molecule has 1 fully saturated rings. The van der Waals surface area contributed by atoms with Crippen molar-refractivity contribution in [1.82, 2.24) is 0 Å². The summed E-state index contributed by atoms with van der Waals surface area (Å²) in [6.07, 6.45) is 5.31. The normalized spacial score (nSPS) is 24.3. The molecular formula is C14H19NOS. The lowest BCUT2D eigenvalue weighted by Crippen LogP contribution is -2.24. The molecular weight excluding hydrogens is 230 g/mol. The van der Waals surface area contributed by atoms with E-state index in [4.69, 9.17) is 22.7 Å². The quantitative estimate of drug-likeness (QED) is 0.835. The summed E-state index contributed by atoms with van der Waals surface area (Å²) < 4.78 is 5.98. The summed E-state index contributed by atoms with van der Waals surface area (Å²) in [6.45, 7) is 2.30. The van der Waals surface area contributed by atoms with E-state index in [2.05, 4.69) is 6.92 Å². The molecule has 1 aromatic rings. The minimum atomic E-state index is 0.370. The van der Waals surface area contributed by atoms with E-state index in [-0.39, 0.29) is 0 Å². The average molecular weight is 249 g/mol. The first-order chi connectivity index (χ1) is 8.15. The predicted octanol–water partition coefficient (Wildman–Crippen LogP) is 3.28. The molecule has 0 saturated heterocycles. The summed E-state index contributed by atoms with van der Waals surface area (Å²) in [7, 11) is 0. The van der Waals surface area contributed by atoms with Gasteiger partial charge in [0.05, 0.1) is 6.10 Å². The summed E-state index contributed by atoms with van der Waals surface area (Å²) in [5.41, 5.74) is 6.45. The maximum Gasteiger partial charge on any atom is 0.119 e. The Balaban J connectivity index is 1.96. The van der Waals surface area contributed by atoms with Gasteiger partial charge in [0.2, 0.25) is 0 Å². The zero-order valence-corrected chi connectivity index (χ0v) is 11.0. The van der Waals surface area contributed by atoms with Crippen molar-refractivity contribution in [1.29, 1.82) is 0 Å². The van der Waals surface area contributed by atoms with Gasteiger partial charge in [0.25, 0.3) is 0 Å². The molecule has 1 saturated carbocycles. The molecule has 3 heteroatoms. The van der Waals surface area contributed by atoms with Crippen LogP contribution < -0.4 is 10.5 Å². The topological polar surface area (TPSA) is 35.2 Å². The lowest BCUT2D eigenvalue weighted by Gasteiger charge is -2.27. The van der Waals surface area contributed by atoms with Gasteiger partial charge < -0.3 is 10.5 Å². The summed E-state index contributed by atoms with van der Waals surface area (Å²) in [6, 6.07) is 7.75. The van der Waals surface area contributed by atoms with Crippen molar-refractivity contribution in [3.8, 4) is 5.75 Å². The summed E-state index contributed by atoms with van der Waals surface area (Å²) in [4.78, 5) is 0.433. The van der Waals surface area contributed by atoms with E-state index in [1.54, 1.807) is 0 Å². The zero-order valence-electron chi connectivity index (χ0n) is 10.2. The first-order valence-corrected chi connectivity index (χ1v) is 6.62. The Morgan fingerprint density at radius 3 is 2.59 bits per heavy atom. The van der Waals surface area contributed by atoms with Crippen LogP contribution in [0.15, 0.2) is 24.3 Å². The van der Waals surface area contributed by atoms with Crippen molar-refractivity contribution in [3.63, 3.8) is 0 Å². The van der Waals surface area contributed by atoms with Crippen molar-refractivity contribution >= 4 is 17.2 Å². The number of ether oxygens (including phenoxy) is 1. The Kier molecular flexibility index (Phi) is 4.00. The summed E-state index contributed by atoms with van der Waals surface area (Å²) in [5.74, 6) is 1.70. The molecule has 0 amide bonds. The molecule has 1 aliphatic carbocycles. The highest BCUT2D eigenvalue weighted by molar-refractivity contribution is 7.80. The van der Waals surface area contributed by atoms with Gasteiger partial charge in [0, 0.05) is 5.56 Å². The van der Waals surface area contributed by atoms with E-state index in [1.807, 2.05) is 24.3 Å². The average Bonchev–Trinajstić information content (AvgIpc) is 2.29. The van der Waals surface area contributed by atoms with Gasteiger partial charge in [-0.3, -0.25) is 0 Å². The van der Waals surface area contributed by atoms with Crippen molar-refractivity contribution < 1.29 is 4.74 Å². The van der Waals surface area contributed by atoms with E-state index in [9.17, 15) is 0 Å². The second kappa shape index (κ2) is 5.50. The molecule has 2 rings (SSSR count). The lowest BCUT2D eigenvalue weighted by atomic mass is 9.89. The van der Waals surface area contributed by atoms with E-state index >= 15 is 0 Å². The number of rotatable bonds is 3. The van der Waals surface area contributed by atoms with Crippen LogP contribution in [0, 0.1) is 5.92 Å². The van der Waals surface area contributed by atoms with Crippen LogP contribution >= 0.6 is 12.2 Å². The number of hydrogen-bond acceptors (Lipinski definition) is 2. The van der Waals surface area contributed by atoms with E-state index in [0.29, 0.717) is 11.1 Å². The third kappa shape index (κ3) is 3.43. The van der Waals surface area contributed by atoms with Crippen LogP contribution in [-0.4, -0.2) is 11.1 Å². The molecule has 2 unspecified atom stereocenters. The van der Waals surface area contributed by atoms with Crippen LogP contribution in [0.2, 0.25) is 0 Å². The fourth-order valence-corrected chi connectivity index (χ4v) is 2.51. The fourth-order valence-electron chi connectivity index (χ4n) is 2.38. The van der Waals surface area contributed by atoms with Crippen molar-refractivity contribution in [2.75, 3.05) is 0 Å². The van der Waals surface area contributed by atoms with Crippen LogP contribution in [0.5, 0.6) is 5.75 Å². The summed E-state index contributed by atoms with van der Waals surface area (Å²) in [5, 5.41) is 0. The first-order valence-electron chi connectivity index (χ1n) is 6.21. The molecule has 2 atom stereocenters. The molecule has 0 radical (unpaired) electrons. The zero-order chi connectivity index (χ0) is 12.3. The van der Waals surface area contributed by atoms with Gasteiger partial charge >= 0.3 is 0 Å². The molecule has 0 heterocycles. The standard InChI is InChI=1S/C14H19NOS/c1-10-3-2-4-13(9-10)16-12-7-5-11(6-8-12)14(15)17/h5-8,10,13H,2-4,9H2,1H3,(H2,15,17). The van der Waals surface area contributed by atoms with Crippen molar-refractivity contribution in [2.24, 2.45) is 11.7 Å². The van der Waals surface area contributed by atoms with Crippen LogP contribution in [0.4, 0.5) is 0 Å². The molecule has 0 aromatic heterocycles. The molecule has 0 bridgehead atoms. The van der Waals surface area contributed by atoms with E-state index in [0.717, 1.165) is 23.7 Å². The molecule has 2 N–H and O–H groups in total. The van der Waals surface area contributed by atoms with Gasteiger partial charge in [-0.2, -0.15) is 0 Å². The predicted molar refractivity (Wildman–Crippen MR) is 74.4 cm³/mol. The van der Waals surface area contributed by atoms with Gasteiger partial charge in [0.1, 0.15) is 10.7 Å². The van der Waals surface area contributed by atoms with Gasteiger partial charge in [-0.1, -0.05) is 25.6 Å². The fraction of sp³-hybridized carbons (Fsp3) is 0.500. The van der Waals surface area contributed by atoms with E-state index in [1.165, 1.54) is 19.3 Å². The molecule has 92 valence electrons. The maximum absolute atomic E-state index is 5.98. The van der Waals surface area contributed by atoms with Gasteiger partial charge in [0.15, 0.2) is 0 Å². The Labute approximate surface area is 108 Å². The number of hydrogen-bond donors (Lipinski definition) is 1. The van der Waals surface area contributed by atoms with Crippen molar-refractivity contribution in [2.45, 2.75) is 38.7 Å². The van der Waals surface area contributed by atoms with Gasteiger partial charge in [-0.05, 0) is 49.4 Å². The van der Waals surface area contributed by atoms with E-state index < -0.39 is 0 Å². The Morgan fingerprint density at radius 1 is 1.29 bits per heavy atom. The maximum atomic E-state index is 5.98. The molecule has 2 nitrogen and oxygen atoms in total. The van der Waals surface area contributed by atoms with Crippen molar-refractivity contribution in [3.05, 3.63) is 29.8 Å². The first kappa shape index (κ1) is 12.4. The Bertz CT molecular complexity index is 388. The molecule has 17 heavy (non-hydrogen) atoms. The molecule has 1 aliphatic rings. The van der Waals surface area contributed by atoms with Crippen LogP contribution in [0.25, 0.3) is 0 Å². The minimum absolute atomic E-state index is 0.370. The SMILES string of the molecule is CC1CCCC(Oc2ccc(C(N)=S)cc2)C1. The third-order valence-corrected chi connectivity index (χ3v) is 3.57. The minimum Gasteiger partial charge on any atom is -0.490 e. The van der Waals surface area contributed by atoms with Gasteiger partial charge in [-0.25, -0.2) is 0 Å². The largest absolute Gasteiger partial charge is 0.490 e. The Morgan fingerprint density at radius 2 is 2.00 bits per heavy atom. The monoisotopic (exact) mass is 249 g/mol. The second-order valence-corrected chi connectivity index (χ2v) is 5.34. The molecule has 1 aromatic carbocycles. The number of thiocarbonyl (C=S) groups is 1. The Hall–Kier alpha value is -1.09. The molecule has 0 spiro atoms. The number of nitrogens with two attached hydrogens (primary N) is 1. The lowest BCUT2D eigenvalue weighted by molar-refractivity contribution is 0.129. The second-order valence-electron chi connectivity index (χ2n) is 4.90. The highest BCUT2D eigenvalue weighted by Crippen LogP contribution is 2.27. The van der Waals surface area contributed by atoms with Gasteiger partial charge in [-0.15, -0.1) is 0 Å². The number of benzene rings is 1. The highest BCUT2D eigenvalue weighted by Gasteiger charge is 2.20. The van der Waals surface area contributed by atoms with Crippen LogP contribution in [-0.2, 0) is 0 Å². The van der Waals surface area contributed by atoms with Crippen LogP contribution in [0.3, 0.4) is 0 Å². The highest BCUT2D eigenvalue weighted by atomic mass is 32.1.